The molecule has 0 radical (unpaired) electrons. The minimum absolute atomic E-state index is 0.287. The van der Waals surface area contributed by atoms with Gasteiger partial charge in [0, 0.05) is 6.54 Å². The van der Waals surface area contributed by atoms with Crippen LogP contribution >= 0.6 is 0 Å². The van der Waals surface area contributed by atoms with Gasteiger partial charge in [-0.2, -0.15) is 0 Å². The van der Waals surface area contributed by atoms with Crippen LogP contribution in [0.4, 0.5) is 0 Å². The van der Waals surface area contributed by atoms with Gasteiger partial charge in [0.2, 0.25) is 0 Å². The molecule has 0 fully saturated rings. The van der Waals surface area contributed by atoms with Crippen LogP contribution in [0.25, 0.3) is 0 Å². The summed E-state index contributed by atoms with van der Waals surface area (Å²) in [4.78, 5) is 2.23. The fourth-order valence-corrected chi connectivity index (χ4v) is 3.39. The van der Waals surface area contributed by atoms with E-state index in [0.29, 0.717) is 0 Å². The van der Waals surface area contributed by atoms with Crippen molar-refractivity contribution in [3.8, 4) is 0 Å². The van der Waals surface area contributed by atoms with E-state index in [0.717, 1.165) is 13.1 Å². The summed E-state index contributed by atoms with van der Waals surface area (Å²) in [6, 6.07) is 0. The maximum Gasteiger partial charge on any atom is 0.0558 e. The van der Waals surface area contributed by atoms with Gasteiger partial charge in [0.15, 0.2) is 0 Å². The number of aliphatic hydroxyl groups is 1. The Labute approximate surface area is 153 Å². The van der Waals surface area contributed by atoms with Crippen LogP contribution in [0.1, 0.15) is 116 Å². The third-order valence-corrected chi connectivity index (χ3v) is 5.13. The Bertz CT molecular complexity index is 220. The van der Waals surface area contributed by atoms with Crippen molar-refractivity contribution in [3.05, 3.63) is 0 Å². The number of rotatable bonds is 20. The molecule has 0 aromatic rings. The lowest BCUT2D eigenvalue weighted by molar-refractivity contribution is 0.219. The highest BCUT2D eigenvalue weighted by Gasteiger charge is 1.97. The first-order valence-corrected chi connectivity index (χ1v) is 11.1. The maximum atomic E-state index is 8.84. The number of unbranched alkanes of at least 4 members (excludes halogenated alkanes) is 16. The molecule has 2 heteroatoms. The summed E-state index contributed by atoms with van der Waals surface area (Å²) in [5.74, 6) is 0. The van der Waals surface area contributed by atoms with E-state index in [-0.39, 0.29) is 6.61 Å². The molecule has 0 aliphatic rings. The molecule has 0 aromatic carbocycles. The molecule has 0 rings (SSSR count). The van der Waals surface area contributed by atoms with Crippen LogP contribution in [0.2, 0.25) is 0 Å². The molecule has 0 aromatic heterocycles. The average molecular weight is 342 g/mol. The number of aliphatic hydroxyl groups excluding tert-OH is 1. The molecule has 0 spiro atoms. The van der Waals surface area contributed by atoms with Crippen LogP contribution in [0, 0.1) is 0 Å². The summed E-state index contributed by atoms with van der Waals surface area (Å²) in [5.41, 5.74) is 0. The van der Waals surface area contributed by atoms with Crippen LogP contribution in [-0.2, 0) is 0 Å². The van der Waals surface area contributed by atoms with Crippen molar-refractivity contribution >= 4 is 0 Å². The monoisotopic (exact) mass is 341 g/mol. The van der Waals surface area contributed by atoms with E-state index in [1.165, 1.54) is 109 Å². The van der Waals surface area contributed by atoms with Gasteiger partial charge in [-0.05, 0) is 20.0 Å². The van der Waals surface area contributed by atoms with Crippen LogP contribution in [0.5, 0.6) is 0 Å². The number of nitrogens with zero attached hydrogens (tertiary/aromatic N) is 1. The molecule has 1 N–H and O–H groups in total. The van der Waals surface area contributed by atoms with Crippen molar-refractivity contribution in [1.82, 2.24) is 4.90 Å². The highest BCUT2D eigenvalue weighted by atomic mass is 16.3. The molecular formula is C22H47NO. The number of hydrogen-bond acceptors (Lipinski definition) is 2. The fraction of sp³-hybridized carbons (Fsp3) is 1.00. The molecule has 2 nitrogen and oxygen atoms in total. The largest absolute Gasteiger partial charge is 0.395 e. The standard InChI is InChI=1S/C22H47NO/c1-3-4-5-6-7-8-9-10-11-12-13-14-15-16-17-18-19-20-23(2)21-22-24/h24H,3-22H2,1-2H3. The smallest absolute Gasteiger partial charge is 0.0558 e. The lowest BCUT2D eigenvalue weighted by Crippen LogP contribution is -2.23. The SMILES string of the molecule is CCCCCCCCCCCCCCCCCCCN(C)CCO. The normalized spacial score (nSPS) is 11.5. The molecule has 0 amide bonds. The van der Waals surface area contributed by atoms with Gasteiger partial charge in [-0.25, -0.2) is 0 Å². The van der Waals surface area contributed by atoms with Crippen molar-refractivity contribution < 1.29 is 5.11 Å². The van der Waals surface area contributed by atoms with Crippen molar-refractivity contribution in [3.63, 3.8) is 0 Å². The van der Waals surface area contributed by atoms with Crippen LogP contribution in [0.3, 0.4) is 0 Å². The second kappa shape index (κ2) is 21.0. The first kappa shape index (κ1) is 23.9. The molecule has 146 valence electrons. The van der Waals surface area contributed by atoms with Crippen LogP contribution < -0.4 is 0 Å². The summed E-state index contributed by atoms with van der Waals surface area (Å²) < 4.78 is 0. The lowest BCUT2D eigenvalue weighted by Gasteiger charge is -2.14. The third-order valence-electron chi connectivity index (χ3n) is 5.13. The zero-order chi connectivity index (χ0) is 17.7. The van der Waals surface area contributed by atoms with E-state index in [2.05, 4.69) is 18.9 Å². The summed E-state index contributed by atoms with van der Waals surface area (Å²) in [7, 11) is 2.10. The Balaban J connectivity index is 3.00. The molecule has 0 atom stereocenters. The van der Waals surface area contributed by atoms with Gasteiger partial charge < -0.3 is 10.0 Å². The number of hydrogen-bond donors (Lipinski definition) is 1. The summed E-state index contributed by atoms with van der Waals surface area (Å²) in [6.07, 6.45) is 24.3. The van der Waals surface area contributed by atoms with E-state index in [9.17, 15) is 0 Å². The first-order chi connectivity index (χ1) is 11.8. The van der Waals surface area contributed by atoms with Gasteiger partial charge in [-0.1, -0.05) is 110 Å². The van der Waals surface area contributed by atoms with E-state index in [1.54, 1.807) is 0 Å². The van der Waals surface area contributed by atoms with Gasteiger partial charge in [-0.15, -0.1) is 0 Å². The van der Waals surface area contributed by atoms with Crippen molar-refractivity contribution in [2.75, 3.05) is 26.7 Å². The van der Waals surface area contributed by atoms with E-state index < -0.39 is 0 Å². The van der Waals surface area contributed by atoms with E-state index >= 15 is 0 Å². The van der Waals surface area contributed by atoms with Crippen molar-refractivity contribution in [1.29, 1.82) is 0 Å². The lowest BCUT2D eigenvalue weighted by atomic mass is 10.0. The molecule has 0 unspecified atom stereocenters. The van der Waals surface area contributed by atoms with Gasteiger partial charge in [0.1, 0.15) is 0 Å². The molecule has 0 aliphatic heterocycles. The molecule has 0 bridgehead atoms. The molecular weight excluding hydrogens is 294 g/mol. The van der Waals surface area contributed by atoms with Crippen molar-refractivity contribution in [2.24, 2.45) is 0 Å². The van der Waals surface area contributed by atoms with Gasteiger partial charge in [0.25, 0.3) is 0 Å². The second-order valence-corrected chi connectivity index (χ2v) is 7.68. The zero-order valence-corrected chi connectivity index (χ0v) is 17.0. The van der Waals surface area contributed by atoms with Gasteiger partial charge in [-0.3, -0.25) is 0 Å². The predicted octanol–water partition coefficient (Wildman–Crippen LogP) is 6.56. The third kappa shape index (κ3) is 20.0. The van der Waals surface area contributed by atoms with Gasteiger partial charge in [0.05, 0.1) is 6.61 Å². The Hall–Kier alpha value is -0.0800. The molecule has 24 heavy (non-hydrogen) atoms. The molecule has 0 saturated carbocycles. The fourth-order valence-electron chi connectivity index (χ4n) is 3.39. The maximum absolute atomic E-state index is 8.84. The summed E-state index contributed by atoms with van der Waals surface area (Å²) in [5, 5.41) is 8.84. The van der Waals surface area contributed by atoms with E-state index in [1.807, 2.05) is 0 Å². The highest BCUT2D eigenvalue weighted by Crippen LogP contribution is 2.14. The zero-order valence-electron chi connectivity index (χ0n) is 17.0. The van der Waals surface area contributed by atoms with E-state index in [4.69, 9.17) is 5.11 Å². The number of likely N-dealkylation sites (N-methyl/N-ethyl adjacent to an activating group) is 1. The Morgan fingerprint density at radius 1 is 0.500 bits per heavy atom. The first-order valence-electron chi connectivity index (χ1n) is 11.1. The second-order valence-electron chi connectivity index (χ2n) is 7.68. The quantitative estimate of drug-likeness (QED) is 0.253. The minimum Gasteiger partial charge on any atom is -0.395 e. The Morgan fingerprint density at radius 2 is 0.833 bits per heavy atom. The topological polar surface area (TPSA) is 23.5 Å². The summed E-state index contributed by atoms with van der Waals surface area (Å²) in [6.45, 7) is 4.53. The Morgan fingerprint density at radius 3 is 1.17 bits per heavy atom. The highest BCUT2D eigenvalue weighted by molar-refractivity contribution is 4.53. The summed E-state index contributed by atoms with van der Waals surface area (Å²) >= 11 is 0. The molecule has 0 heterocycles. The van der Waals surface area contributed by atoms with Crippen molar-refractivity contribution in [2.45, 2.75) is 116 Å². The minimum atomic E-state index is 0.287. The predicted molar refractivity (Wildman–Crippen MR) is 109 cm³/mol. The van der Waals surface area contributed by atoms with Gasteiger partial charge >= 0.3 is 0 Å². The van der Waals surface area contributed by atoms with Crippen LogP contribution in [-0.4, -0.2) is 36.8 Å². The molecule has 0 aliphatic carbocycles. The average Bonchev–Trinajstić information content (AvgIpc) is 2.58. The Kier molecular flexibility index (Phi) is 20.9. The van der Waals surface area contributed by atoms with Crippen LogP contribution in [0.15, 0.2) is 0 Å². The molecule has 0 saturated heterocycles.